The zero-order valence-electron chi connectivity index (χ0n) is 25.2. The summed E-state index contributed by atoms with van der Waals surface area (Å²) >= 11 is 1.64. The van der Waals surface area contributed by atoms with Gasteiger partial charge < -0.3 is 14.5 Å². The predicted octanol–water partition coefficient (Wildman–Crippen LogP) is 6.32. The third-order valence-corrected chi connectivity index (χ3v) is 10.6. The van der Waals surface area contributed by atoms with Crippen LogP contribution >= 0.6 is 11.8 Å². The van der Waals surface area contributed by atoms with Gasteiger partial charge in [0.05, 0.1) is 19.2 Å². The van der Waals surface area contributed by atoms with E-state index in [2.05, 4.69) is 57.7 Å². The number of nitriles is 1. The zero-order chi connectivity index (χ0) is 30.5. The second kappa shape index (κ2) is 13.6. The first-order valence-electron chi connectivity index (χ1n) is 15.6. The standard InChI is InChI=1S/C35H40FN5O2S/c1-43-34(42)38-41-19-5-8-33(41)35(25-37,27-6-3-2-4-7-27)28-17-20-39(21-18-28)22-26-23-40(24-26)30-11-15-32(16-12-30)44-31-13-9-29(36)10-14-31/h2-4,6-7,9-16,26,28,33H,5,8,17-24H2,1H3,(H,38,42). The summed E-state index contributed by atoms with van der Waals surface area (Å²) in [6, 6.07) is 28.2. The van der Waals surface area contributed by atoms with E-state index < -0.39 is 11.5 Å². The first-order valence-corrected chi connectivity index (χ1v) is 16.4. The summed E-state index contributed by atoms with van der Waals surface area (Å²) in [6.45, 7) is 5.84. The van der Waals surface area contributed by atoms with E-state index in [4.69, 9.17) is 4.74 Å². The highest BCUT2D eigenvalue weighted by molar-refractivity contribution is 7.99. The number of hydrogen-bond donors (Lipinski definition) is 1. The molecule has 7 nitrogen and oxygen atoms in total. The molecule has 44 heavy (non-hydrogen) atoms. The number of piperidine rings is 1. The fourth-order valence-corrected chi connectivity index (χ4v) is 8.19. The third-order valence-electron chi connectivity index (χ3n) is 9.59. The van der Waals surface area contributed by atoms with E-state index in [9.17, 15) is 14.4 Å². The number of amides is 1. The van der Waals surface area contributed by atoms with Gasteiger partial charge in [0.2, 0.25) is 0 Å². The minimum Gasteiger partial charge on any atom is -0.452 e. The van der Waals surface area contributed by atoms with Gasteiger partial charge in [-0.2, -0.15) is 5.26 Å². The molecule has 3 fully saturated rings. The maximum absolute atomic E-state index is 13.2. The SMILES string of the molecule is COC(=O)NN1CCCC1C(C#N)(c1ccccc1)C1CCN(CC2CN(c3ccc(Sc4ccc(F)cc4)cc3)C2)CC1. The molecule has 0 spiro atoms. The maximum Gasteiger partial charge on any atom is 0.421 e. The Morgan fingerprint density at radius 1 is 0.977 bits per heavy atom. The van der Waals surface area contributed by atoms with Crippen molar-refractivity contribution in [3.8, 4) is 6.07 Å². The molecule has 2 atom stereocenters. The minimum absolute atomic E-state index is 0.105. The van der Waals surface area contributed by atoms with Crippen molar-refractivity contribution < 1.29 is 13.9 Å². The van der Waals surface area contributed by atoms with Crippen LogP contribution in [-0.2, 0) is 10.2 Å². The van der Waals surface area contributed by atoms with Crippen LogP contribution in [0.3, 0.4) is 0 Å². The van der Waals surface area contributed by atoms with Crippen LogP contribution in [0.15, 0.2) is 88.7 Å². The van der Waals surface area contributed by atoms with E-state index in [1.807, 2.05) is 35.3 Å². The van der Waals surface area contributed by atoms with Gasteiger partial charge in [0.15, 0.2) is 0 Å². The van der Waals surface area contributed by atoms with Crippen LogP contribution < -0.4 is 10.3 Å². The largest absolute Gasteiger partial charge is 0.452 e. The molecule has 3 aliphatic rings. The number of carbonyl (C=O) groups is 1. The predicted molar refractivity (Wildman–Crippen MR) is 171 cm³/mol. The molecule has 230 valence electrons. The molecular formula is C35H40FN5O2S. The van der Waals surface area contributed by atoms with Gasteiger partial charge in [-0.3, -0.25) is 5.43 Å². The Morgan fingerprint density at radius 3 is 2.27 bits per heavy atom. The van der Waals surface area contributed by atoms with Crippen LogP contribution in [0.4, 0.5) is 14.9 Å². The van der Waals surface area contributed by atoms with Gasteiger partial charge in [0.1, 0.15) is 11.2 Å². The highest BCUT2D eigenvalue weighted by atomic mass is 32.2. The summed E-state index contributed by atoms with van der Waals surface area (Å²) in [7, 11) is 1.37. The highest BCUT2D eigenvalue weighted by Crippen LogP contribution is 2.46. The fourth-order valence-electron chi connectivity index (χ4n) is 7.38. The average Bonchev–Trinajstić information content (AvgIpc) is 3.50. The summed E-state index contributed by atoms with van der Waals surface area (Å²) < 4.78 is 18.1. The molecule has 9 heteroatoms. The van der Waals surface area contributed by atoms with E-state index in [0.29, 0.717) is 12.5 Å². The fraction of sp³-hybridized carbons (Fsp3) is 0.429. The van der Waals surface area contributed by atoms with Crippen LogP contribution in [0.2, 0.25) is 0 Å². The monoisotopic (exact) mass is 613 g/mol. The number of benzene rings is 3. The number of hydrazine groups is 1. The molecule has 3 heterocycles. The van der Waals surface area contributed by atoms with E-state index in [1.54, 1.807) is 11.8 Å². The number of methoxy groups -OCH3 is 1. The van der Waals surface area contributed by atoms with Crippen molar-refractivity contribution in [1.29, 1.82) is 5.26 Å². The summed E-state index contributed by atoms with van der Waals surface area (Å²) in [5.74, 6) is 0.610. The van der Waals surface area contributed by atoms with Crippen molar-refractivity contribution in [3.63, 3.8) is 0 Å². The van der Waals surface area contributed by atoms with Crippen molar-refractivity contribution in [1.82, 2.24) is 15.3 Å². The van der Waals surface area contributed by atoms with Gasteiger partial charge >= 0.3 is 6.09 Å². The maximum atomic E-state index is 13.2. The molecule has 0 radical (unpaired) electrons. The molecule has 0 aliphatic carbocycles. The topological polar surface area (TPSA) is 71.8 Å². The molecule has 1 N–H and O–H groups in total. The summed E-state index contributed by atoms with van der Waals surface area (Å²) in [6.07, 6.45) is 3.21. The molecule has 3 aliphatic heterocycles. The van der Waals surface area contributed by atoms with Gasteiger partial charge in [0.25, 0.3) is 0 Å². The van der Waals surface area contributed by atoms with Gasteiger partial charge in [0, 0.05) is 47.6 Å². The number of rotatable bonds is 9. The minimum atomic E-state index is -0.709. The smallest absolute Gasteiger partial charge is 0.421 e. The lowest BCUT2D eigenvalue weighted by atomic mass is 9.62. The van der Waals surface area contributed by atoms with Gasteiger partial charge in [-0.15, -0.1) is 0 Å². The number of hydrogen-bond acceptors (Lipinski definition) is 7. The molecule has 2 unspecified atom stereocenters. The molecule has 3 aromatic rings. The first-order chi connectivity index (χ1) is 21.5. The number of nitrogens with one attached hydrogen (secondary N) is 1. The molecule has 3 aromatic carbocycles. The van der Waals surface area contributed by atoms with Crippen LogP contribution in [-0.4, -0.2) is 68.4 Å². The number of likely N-dealkylation sites (tertiary alicyclic amines) is 1. The quantitative estimate of drug-likeness (QED) is 0.303. The van der Waals surface area contributed by atoms with E-state index >= 15 is 0 Å². The molecule has 3 saturated heterocycles. The Morgan fingerprint density at radius 2 is 1.64 bits per heavy atom. The first kappa shape index (κ1) is 30.4. The Labute approximate surface area is 263 Å². The van der Waals surface area contributed by atoms with Crippen molar-refractivity contribution in [2.24, 2.45) is 11.8 Å². The van der Waals surface area contributed by atoms with Gasteiger partial charge in [-0.25, -0.2) is 14.2 Å². The van der Waals surface area contributed by atoms with Crippen LogP contribution in [0.5, 0.6) is 0 Å². The second-order valence-electron chi connectivity index (χ2n) is 12.2. The number of carbonyl (C=O) groups excluding carboxylic acids is 1. The molecular weight excluding hydrogens is 573 g/mol. The Kier molecular flexibility index (Phi) is 9.41. The summed E-state index contributed by atoms with van der Waals surface area (Å²) in [5.41, 5.74) is 4.48. The number of halogens is 1. The number of nitrogens with zero attached hydrogens (tertiary/aromatic N) is 4. The average molecular weight is 614 g/mol. The van der Waals surface area contributed by atoms with Gasteiger partial charge in [-0.05, 0) is 98.8 Å². The van der Waals surface area contributed by atoms with Crippen molar-refractivity contribution in [3.05, 3.63) is 90.2 Å². The second-order valence-corrected chi connectivity index (χ2v) is 13.3. The van der Waals surface area contributed by atoms with E-state index in [-0.39, 0.29) is 17.8 Å². The third kappa shape index (κ3) is 6.44. The molecule has 0 bridgehead atoms. The van der Waals surface area contributed by atoms with Crippen molar-refractivity contribution in [2.45, 2.75) is 46.9 Å². The van der Waals surface area contributed by atoms with Gasteiger partial charge in [-0.1, -0.05) is 42.1 Å². The molecule has 1 amide bonds. The molecule has 0 saturated carbocycles. The highest BCUT2D eigenvalue weighted by Gasteiger charge is 2.52. The van der Waals surface area contributed by atoms with Crippen LogP contribution in [0.25, 0.3) is 0 Å². The lowest BCUT2D eigenvalue weighted by Gasteiger charge is -2.48. The Bertz CT molecular complexity index is 1440. The zero-order valence-corrected chi connectivity index (χ0v) is 26.0. The summed E-state index contributed by atoms with van der Waals surface area (Å²) in [5, 5.41) is 12.8. The van der Waals surface area contributed by atoms with E-state index in [0.717, 1.165) is 73.8 Å². The Hall–Kier alpha value is -3.58. The number of ether oxygens (including phenoxy) is 1. The van der Waals surface area contributed by atoms with Crippen LogP contribution in [0, 0.1) is 29.0 Å². The van der Waals surface area contributed by atoms with E-state index in [1.165, 1.54) is 24.9 Å². The lowest BCUT2D eigenvalue weighted by molar-refractivity contribution is 0.0560. The van der Waals surface area contributed by atoms with Crippen LogP contribution in [0.1, 0.15) is 31.2 Å². The van der Waals surface area contributed by atoms with Crippen molar-refractivity contribution in [2.75, 3.05) is 51.3 Å². The molecule has 0 aromatic heterocycles. The normalized spacial score (nSPS) is 21.3. The molecule has 6 rings (SSSR count). The number of anilines is 1. The Balaban J connectivity index is 1.04. The lowest BCUT2D eigenvalue weighted by Crippen LogP contribution is -2.58. The summed E-state index contributed by atoms with van der Waals surface area (Å²) in [4.78, 5) is 19.3. The van der Waals surface area contributed by atoms with Crippen molar-refractivity contribution >= 4 is 23.5 Å².